The number of aliphatic carboxylic acids is 1. The molecule has 1 atom stereocenters. The van der Waals surface area contributed by atoms with E-state index in [1.54, 1.807) is 0 Å². The number of ketones is 1. The van der Waals surface area contributed by atoms with Crippen LogP contribution in [0.15, 0.2) is 0 Å². The molecule has 6 nitrogen and oxygen atoms in total. The molecule has 0 aliphatic rings. The summed E-state index contributed by atoms with van der Waals surface area (Å²) in [6.45, 7) is 9.82. The van der Waals surface area contributed by atoms with Crippen LogP contribution in [-0.2, 0) is 31.3 Å². The first kappa shape index (κ1) is 35.0. The quantitative estimate of drug-likeness (QED) is 0.377. The van der Waals surface area contributed by atoms with Gasteiger partial charge in [-0.3, -0.25) is 9.59 Å². The van der Waals surface area contributed by atoms with E-state index in [2.05, 4.69) is 20.8 Å². The van der Waals surface area contributed by atoms with E-state index < -0.39 is 11.9 Å². The zero-order valence-electron chi connectivity index (χ0n) is 16.0. The number of hydrogen-bond acceptors (Lipinski definition) is 5. The van der Waals surface area contributed by atoms with Crippen LogP contribution in [-0.4, -0.2) is 52.0 Å². The Morgan fingerprint density at radius 2 is 1.04 bits per heavy atom. The molecule has 0 aliphatic heterocycles. The van der Waals surface area contributed by atoms with Gasteiger partial charge in [-0.1, -0.05) is 40.0 Å². The molecule has 0 aromatic rings. The van der Waals surface area contributed by atoms with E-state index in [4.69, 9.17) is 20.4 Å². The Morgan fingerprint density at radius 3 is 1.04 bits per heavy atom. The van der Waals surface area contributed by atoms with Gasteiger partial charge < -0.3 is 20.4 Å². The molecular weight excluding hydrogens is 348 g/mol. The monoisotopic (exact) mass is 386 g/mol. The molecule has 0 heterocycles. The number of Topliss-reactive ketones (excluding diaryl/α,β-unsaturated/α-hetero) is 1. The molecular formula is C17H38O6Ti. The molecule has 0 saturated carbocycles. The van der Waals surface area contributed by atoms with E-state index in [0.717, 1.165) is 38.5 Å². The zero-order chi connectivity index (χ0) is 19.1. The van der Waals surface area contributed by atoms with Crippen molar-refractivity contribution in [2.24, 2.45) is 5.92 Å². The number of carboxylic acid groups (broad SMARTS) is 1. The van der Waals surface area contributed by atoms with Crippen LogP contribution < -0.4 is 0 Å². The number of aliphatic hydroxyl groups excluding tert-OH is 3. The Kier molecular flexibility index (Phi) is 49.7. The molecule has 0 aromatic heterocycles. The molecule has 0 rings (SSSR count). The van der Waals surface area contributed by atoms with Crippen LogP contribution in [0.3, 0.4) is 0 Å². The first-order valence-corrected chi connectivity index (χ1v) is 8.36. The van der Waals surface area contributed by atoms with Gasteiger partial charge in [0.2, 0.25) is 0 Å². The SMILES string of the molecule is CC(=O)C(C)C(=O)O.CCCCO.CCCCO.CCCCO.[Ti]. The third kappa shape index (κ3) is 49.5. The van der Waals surface area contributed by atoms with Crippen molar-refractivity contribution >= 4 is 11.8 Å². The van der Waals surface area contributed by atoms with Gasteiger partial charge in [-0.15, -0.1) is 0 Å². The molecule has 0 bridgehead atoms. The molecule has 146 valence electrons. The van der Waals surface area contributed by atoms with Gasteiger partial charge in [-0.2, -0.15) is 0 Å². The molecule has 0 spiro atoms. The number of hydrogen-bond donors (Lipinski definition) is 4. The Hall–Kier alpha value is -0.266. The second-order valence-corrected chi connectivity index (χ2v) is 4.90. The minimum atomic E-state index is -1.06. The van der Waals surface area contributed by atoms with Crippen molar-refractivity contribution in [2.75, 3.05) is 19.8 Å². The summed E-state index contributed by atoms with van der Waals surface area (Å²) in [6, 6.07) is 0. The van der Waals surface area contributed by atoms with Crippen molar-refractivity contribution in [1.29, 1.82) is 0 Å². The van der Waals surface area contributed by atoms with Crippen molar-refractivity contribution in [3.63, 3.8) is 0 Å². The second-order valence-electron chi connectivity index (χ2n) is 4.90. The molecule has 4 N–H and O–H groups in total. The molecule has 7 heteroatoms. The minimum Gasteiger partial charge on any atom is -0.481 e. The summed E-state index contributed by atoms with van der Waals surface area (Å²) in [6.07, 6.45) is 6.11. The van der Waals surface area contributed by atoms with Crippen LogP contribution >= 0.6 is 0 Å². The van der Waals surface area contributed by atoms with Gasteiger partial charge in [0.1, 0.15) is 11.7 Å². The van der Waals surface area contributed by atoms with Crippen molar-refractivity contribution in [3.05, 3.63) is 0 Å². The first-order chi connectivity index (χ1) is 10.8. The average molecular weight is 386 g/mol. The molecule has 24 heavy (non-hydrogen) atoms. The van der Waals surface area contributed by atoms with Crippen LogP contribution in [0, 0.1) is 5.92 Å². The third-order valence-electron chi connectivity index (χ3n) is 2.52. The van der Waals surface area contributed by atoms with Crippen LogP contribution in [0.4, 0.5) is 0 Å². The van der Waals surface area contributed by atoms with Crippen LogP contribution in [0.5, 0.6) is 0 Å². The van der Waals surface area contributed by atoms with Crippen LogP contribution in [0.2, 0.25) is 0 Å². The maximum atomic E-state index is 10.2. The molecule has 1 unspecified atom stereocenters. The maximum absolute atomic E-state index is 10.2. The molecule has 0 saturated heterocycles. The Balaban J connectivity index is -0.0000000677. The van der Waals surface area contributed by atoms with E-state index in [1.165, 1.54) is 13.8 Å². The van der Waals surface area contributed by atoms with Gasteiger partial charge >= 0.3 is 5.97 Å². The van der Waals surface area contributed by atoms with Gasteiger partial charge in [0, 0.05) is 41.5 Å². The number of carbonyl (C=O) groups is 2. The van der Waals surface area contributed by atoms with E-state index in [1.807, 2.05) is 0 Å². The van der Waals surface area contributed by atoms with Crippen molar-refractivity contribution < 1.29 is 51.7 Å². The number of aliphatic hydroxyl groups is 3. The normalized spacial score (nSPS) is 9.50. The Labute approximate surface area is 162 Å². The second kappa shape index (κ2) is 34.1. The maximum Gasteiger partial charge on any atom is 0.313 e. The average Bonchev–Trinajstić information content (AvgIpc) is 2.50. The summed E-state index contributed by atoms with van der Waals surface area (Å²) in [5.74, 6) is -2.22. The summed E-state index contributed by atoms with van der Waals surface area (Å²) < 4.78 is 0. The Morgan fingerprint density at radius 1 is 0.792 bits per heavy atom. The van der Waals surface area contributed by atoms with Crippen LogP contribution in [0.1, 0.15) is 73.1 Å². The number of carbonyl (C=O) groups excluding carboxylic acids is 1. The number of unbranched alkanes of at least 4 members (excludes halogenated alkanes) is 3. The minimum absolute atomic E-state index is 0. The van der Waals surface area contributed by atoms with E-state index in [-0.39, 0.29) is 27.5 Å². The smallest absolute Gasteiger partial charge is 0.313 e. The zero-order valence-corrected chi connectivity index (χ0v) is 17.6. The standard InChI is InChI=1S/C5H8O3.3C4H10O.Ti/c1-3(4(2)6)5(7)8;3*1-2-3-4-5;/h3H,1-2H3,(H,7,8);3*5H,2-4H2,1H3;. The van der Waals surface area contributed by atoms with Crippen molar-refractivity contribution in [2.45, 2.75) is 73.1 Å². The van der Waals surface area contributed by atoms with Gasteiger partial charge in [0.15, 0.2) is 0 Å². The molecule has 0 fully saturated rings. The summed E-state index contributed by atoms with van der Waals surface area (Å²) in [4.78, 5) is 20.1. The van der Waals surface area contributed by atoms with E-state index >= 15 is 0 Å². The predicted octanol–water partition coefficient (Wildman–Crippen LogP) is 2.63. The van der Waals surface area contributed by atoms with Gasteiger partial charge in [-0.05, 0) is 33.1 Å². The predicted molar refractivity (Wildman–Crippen MR) is 93.5 cm³/mol. The summed E-state index contributed by atoms with van der Waals surface area (Å²) in [5, 5.41) is 32.3. The largest absolute Gasteiger partial charge is 0.481 e. The van der Waals surface area contributed by atoms with Crippen molar-refractivity contribution in [1.82, 2.24) is 0 Å². The van der Waals surface area contributed by atoms with Gasteiger partial charge in [0.25, 0.3) is 0 Å². The van der Waals surface area contributed by atoms with E-state index in [0.29, 0.717) is 19.8 Å². The first-order valence-electron chi connectivity index (χ1n) is 8.36. The van der Waals surface area contributed by atoms with E-state index in [9.17, 15) is 9.59 Å². The topological polar surface area (TPSA) is 115 Å². The van der Waals surface area contributed by atoms with Crippen LogP contribution in [0.25, 0.3) is 0 Å². The van der Waals surface area contributed by atoms with Crippen molar-refractivity contribution in [3.8, 4) is 0 Å². The molecule has 0 radical (unpaired) electrons. The number of rotatable bonds is 8. The van der Waals surface area contributed by atoms with Gasteiger partial charge in [0.05, 0.1) is 0 Å². The Bertz CT molecular complexity index is 203. The fourth-order valence-electron chi connectivity index (χ4n) is 0.648. The third-order valence-corrected chi connectivity index (χ3v) is 2.52. The summed E-state index contributed by atoms with van der Waals surface area (Å²) >= 11 is 0. The fourth-order valence-corrected chi connectivity index (χ4v) is 0.648. The summed E-state index contributed by atoms with van der Waals surface area (Å²) in [7, 11) is 0. The molecule has 0 aliphatic carbocycles. The van der Waals surface area contributed by atoms with Gasteiger partial charge in [-0.25, -0.2) is 0 Å². The fraction of sp³-hybridized carbons (Fsp3) is 0.882. The summed E-state index contributed by atoms with van der Waals surface area (Å²) in [5.41, 5.74) is 0. The molecule has 0 aromatic carbocycles. The molecule has 0 amide bonds. The number of carboxylic acids is 1.